The zero-order valence-electron chi connectivity index (χ0n) is 11.0. The van der Waals surface area contributed by atoms with Gasteiger partial charge in [-0.1, -0.05) is 30.3 Å². The van der Waals surface area contributed by atoms with E-state index in [0.29, 0.717) is 0 Å². The average molecular weight is 255 g/mol. The molecule has 1 aliphatic rings. The summed E-state index contributed by atoms with van der Waals surface area (Å²) in [6, 6.07) is 12.3. The first-order valence-electron chi connectivity index (χ1n) is 6.57. The maximum absolute atomic E-state index is 5.38. The van der Waals surface area contributed by atoms with Gasteiger partial charge in [-0.3, -0.25) is 0 Å². The number of hydrogen-bond donors (Lipinski definition) is 0. The number of nitrogens with zero attached hydrogens (tertiary/aromatic N) is 3. The lowest BCUT2D eigenvalue weighted by atomic mass is 10.1. The summed E-state index contributed by atoms with van der Waals surface area (Å²) in [6.45, 7) is 5.26. The predicted molar refractivity (Wildman–Crippen MR) is 75.2 cm³/mol. The fourth-order valence-corrected chi connectivity index (χ4v) is 2.26. The molecular formula is C15H17N3O. The number of hydrogen-bond acceptors (Lipinski definition) is 4. The third-order valence-electron chi connectivity index (χ3n) is 3.23. The van der Waals surface area contributed by atoms with Gasteiger partial charge in [-0.2, -0.15) is 0 Å². The Labute approximate surface area is 113 Å². The van der Waals surface area contributed by atoms with Gasteiger partial charge in [-0.25, -0.2) is 9.97 Å². The van der Waals surface area contributed by atoms with Crippen LogP contribution in [0.5, 0.6) is 0 Å². The van der Waals surface area contributed by atoms with E-state index in [-0.39, 0.29) is 0 Å². The Morgan fingerprint density at radius 3 is 2.53 bits per heavy atom. The molecule has 19 heavy (non-hydrogen) atoms. The van der Waals surface area contributed by atoms with Crippen LogP contribution in [0.2, 0.25) is 0 Å². The van der Waals surface area contributed by atoms with Crippen LogP contribution in [0.4, 0.5) is 5.82 Å². The molecule has 1 aliphatic heterocycles. The van der Waals surface area contributed by atoms with Crippen molar-refractivity contribution in [2.75, 3.05) is 31.2 Å². The maximum atomic E-state index is 5.38. The van der Waals surface area contributed by atoms with Gasteiger partial charge >= 0.3 is 0 Å². The summed E-state index contributed by atoms with van der Waals surface area (Å²) >= 11 is 0. The van der Waals surface area contributed by atoms with Crippen LogP contribution in [-0.2, 0) is 4.74 Å². The smallest absolute Gasteiger partial charge is 0.133 e. The van der Waals surface area contributed by atoms with Gasteiger partial charge < -0.3 is 9.64 Å². The molecule has 3 rings (SSSR count). The van der Waals surface area contributed by atoms with E-state index < -0.39 is 0 Å². The molecule has 0 saturated carbocycles. The molecule has 2 heterocycles. The SMILES string of the molecule is Cc1nc(-c2ccccc2)cc(N2CCOCC2)n1. The first-order chi connectivity index (χ1) is 9.33. The van der Waals surface area contributed by atoms with Gasteiger partial charge in [-0.05, 0) is 6.92 Å². The molecule has 0 atom stereocenters. The average Bonchev–Trinajstić information content (AvgIpc) is 2.48. The minimum absolute atomic E-state index is 0.768. The summed E-state index contributed by atoms with van der Waals surface area (Å²) in [4.78, 5) is 11.3. The second-order valence-corrected chi connectivity index (χ2v) is 4.62. The number of ether oxygens (including phenoxy) is 1. The largest absolute Gasteiger partial charge is 0.378 e. The van der Waals surface area contributed by atoms with E-state index in [2.05, 4.69) is 33.1 Å². The molecule has 1 fully saturated rings. The van der Waals surface area contributed by atoms with Crippen molar-refractivity contribution in [3.63, 3.8) is 0 Å². The molecule has 4 nitrogen and oxygen atoms in total. The Morgan fingerprint density at radius 1 is 1.05 bits per heavy atom. The molecule has 0 spiro atoms. The summed E-state index contributed by atoms with van der Waals surface area (Å²) in [5.74, 6) is 1.80. The molecule has 98 valence electrons. The Balaban J connectivity index is 1.96. The third-order valence-corrected chi connectivity index (χ3v) is 3.23. The van der Waals surface area contributed by atoms with Crippen molar-refractivity contribution >= 4 is 5.82 Å². The van der Waals surface area contributed by atoms with Crippen molar-refractivity contribution < 1.29 is 4.74 Å². The van der Waals surface area contributed by atoms with Crippen LogP contribution in [0.15, 0.2) is 36.4 Å². The number of morpholine rings is 1. The van der Waals surface area contributed by atoms with Crippen LogP contribution in [-0.4, -0.2) is 36.3 Å². The van der Waals surface area contributed by atoms with Crippen LogP contribution < -0.4 is 4.90 Å². The topological polar surface area (TPSA) is 38.2 Å². The fourth-order valence-electron chi connectivity index (χ4n) is 2.26. The van der Waals surface area contributed by atoms with E-state index >= 15 is 0 Å². The van der Waals surface area contributed by atoms with Gasteiger partial charge in [0.05, 0.1) is 18.9 Å². The predicted octanol–water partition coefficient (Wildman–Crippen LogP) is 2.29. The Kier molecular flexibility index (Phi) is 3.42. The minimum atomic E-state index is 0.768. The van der Waals surface area contributed by atoms with Gasteiger partial charge in [0.15, 0.2) is 0 Å². The first kappa shape index (κ1) is 12.1. The normalized spacial score (nSPS) is 15.5. The Morgan fingerprint density at radius 2 is 1.79 bits per heavy atom. The molecule has 1 aromatic heterocycles. The first-order valence-corrected chi connectivity index (χ1v) is 6.57. The highest BCUT2D eigenvalue weighted by Crippen LogP contribution is 2.22. The lowest BCUT2D eigenvalue weighted by Crippen LogP contribution is -2.36. The minimum Gasteiger partial charge on any atom is -0.378 e. The lowest BCUT2D eigenvalue weighted by molar-refractivity contribution is 0.122. The van der Waals surface area contributed by atoms with Crippen LogP contribution in [0.3, 0.4) is 0 Å². The van der Waals surface area contributed by atoms with E-state index in [1.165, 1.54) is 0 Å². The Bertz CT molecular complexity index is 551. The number of aryl methyl sites for hydroxylation is 1. The number of rotatable bonds is 2. The summed E-state index contributed by atoms with van der Waals surface area (Å²) in [7, 11) is 0. The summed E-state index contributed by atoms with van der Waals surface area (Å²) in [6.07, 6.45) is 0. The van der Waals surface area contributed by atoms with Crippen molar-refractivity contribution in [1.29, 1.82) is 0 Å². The molecule has 0 radical (unpaired) electrons. The number of aromatic nitrogens is 2. The van der Waals surface area contributed by atoms with Gasteiger partial charge in [0.2, 0.25) is 0 Å². The maximum Gasteiger partial charge on any atom is 0.133 e. The van der Waals surface area contributed by atoms with Crippen molar-refractivity contribution in [1.82, 2.24) is 9.97 Å². The zero-order valence-corrected chi connectivity index (χ0v) is 11.0. The molecule has 2 aromatic rings. The molecule has 0 amide bonds. The molecule has 1 saturated heterocycles. The fraction of sp³-hybridized carbons (Fsp3) is 0.333. The summed E-state index contributed by atoms with van der Waals surface area (Å²) < 4.78 is 5.38. The van der Waals surface area contributed by atoms with E-state index in [0.717, 1.165) is 49.2 Å². The van der Waals surface area contributed by atoms with E-state index in [1.807, 2.05) is 25.1 Å². The molecule has 0 bridgehead atoms. The number of benzene rings is 1. The van der Waals surface area contributed by atoms with Crippen molar-refractivity contribution in [3.8, 4) is 11.3 Å². The van der Waals surface area contributed by atoms with E-state index in [1.54, 1.807) is 0 Å². The highest BCUT2D eigenvalue weighted by molar-refractivity contribution is 5.62. The highest BCUT2D eigenvalue weighted by Gasteiger charge is 2.14. The van der Waals surface area contributed by atoms with Crippen LogP contribution in [0.25, 0.3) is 11.3 Å². The van der Waals surface area contributed by atoms with Gasteiger partial charge in [0.1, 0.15) is 11.6 Å². The molecule has 4 heteroatoms. The Hall–Kier alpha value is -1.94. The second-order valence-electron chi connectivity index (χ2n) is 4.62. The third kappa shape index (κ3) is 2.74. The number of anilines is 1. The van der Waals surface area contributed by atoms with Gasteiger partial charge in [0, 0.05) is 24.7 Å². The lowest BCUT2D eigenvalue weighted by Gasteiger charge is -2.28. The zero-order chi connectivity index (χ0) is 13.1. The molecule has 0 N–H and O–H groups in total. The van der Waals surface area contributed by atoms with Crippen molar-refractivity contribution in [3.05, 3.63) is 42.2 Å². The molecule has 1 aromatic carbocycles. The monoisotopic (exact) mass is 255 g/mol. The van der Waals surface area contributed by atoms with Gasteiger partial charge in [0.25, 0.3) is 0 Å². The second kappa shape index (κ2) is 5.36. The van der Waals surface area contributed by atoms with Crippen LogP contribution in [0, 0.1) is 6.92 Å². The molecular weight excluding hydrogens is 238 g/mol. The quantitative estimate of drug-likeness (QED) is 0.825. The van der Waals surface area contributed by atoms with Crippen molar-refractivity contribution in [2.24, 2.45) is 0 Å². The standard InChI is InChI=1S/C15H17N3O/c1-12-16-14(13-5-3-2-4-6-13)11-15(17-12)18-7-9-19-10-8-18/h2-6,11H,7-10H2,1H3. The van der Waals surface area contributed by atoms with Crippen LogP contribution >= 0.6 is 0 Å². The summed E-state index contributed by atoms with van der Waals surface area (Å²) in [5, 5.41) is 0. The molecule has 0 unspecified atom stereocenters. The van der Waals surface area contributed by atoms with Gasteiger partial charge in [-0.15, -0.1) is 0 Å². The molecule has 0 aliphatic carbocycles. The highest BCUT2D eigenvalue weighted by atomic mass is 16.5. The summed E-state index contributed by atoms with van der Waals surface area (Å²) in [5.41, 5.74) is 2.11. The van der Waals surface area contributed by atoms with Crippen LogP contribution in [0.1, 0.15) is 5.82 Å². The van der Waals surface area contributed by atoms with E-state index in [9.17, 15) is 0 Å². The van der Waals surface area contributed by atoms with Crippen molar-refractivity contribution in [2.45, 2.75) is 6.92 Å². The van der Waals surface area contributed by atoms with E-state index in [4.69, 9.17) is 4.74 Å².